The van der Waals surface area contributed by atoms with Crippen molar-refractivity contribution in [1.29, 1.82) is 0 Å². The first-order valence-electron chi connectivity index (χ1n) is 8.35. The van der Waals surface area contributed by atoms with Crippen LogP contribution in [0.5, 0.6) is 0 Å². The summed E-state index contributed by atoms with van der Waals surface area (Å²) in [5.74, 6) is 0. The van der Waals surface area contributed by atoms with Gasteiger partial charge in [-0.1, -0.05) is 72.8 Å². The van der Waals surface area contributed by atoms with E-state index in [1.54, 1.807) is 12.1 Å². The highest BCUT2D eigenvalue weighted by molar-refractivity contribution is 6.58. The zero-order valence-electron chi connectivity index (χ0n) is 13.5. The Labute approximate surface area is 146 Å². The third kappa shape index (κ3) is 2.14. The summed E-state index contributed by atoms with van der Waals surface area (Å²) < 4.78 is 0. The van der Waals surface area contributed by atoms with E-state index in [0.717, 1.165) is 11.1 Å². The number of hydrogen-bond donors (Lipinski definition) is 2. The van der Waals surface area contributed by atoms with Gasteiger partial charge in [0.25, 0.3) is 0 Å². The van der Waals surface area contributed by atoms with E-state index >= 15 is 0 Å². The summed E-state index contributed by atoms with van der Waals surface area (Å²) in [6.07, 6.45) is 0. The van der Waals surface area contributed by atoms with E-state index in [0.29, 0.717) is 5.46 Å². The first-order chi connectivity index (χ1) is 12.2. The molecule has 1 aliphatic carbocycles. The lowest BCUT2D eigenvalue weighted by molar-refractivity contribution is 0.426. The van der Waals surface area contributed by atoms with Crippen molar-refractivity contribution >= 4 is 23.4 Å². The second-order valence-electron chi connectivity index (χ2n) is 6.47. The van der Waals surface area contributed by atoms with Gasteiger partial charge in [0.05, 0.1) is 0 Å². The van der Waals surface area contributed by atoms with Gasteiger partial charge in [0.1, 0.15) is 0 Å². The molecule has 1 aliphatic rings. The van der Waals surface area contributed by atoms with E-state index in [1.165, 1.54) is 33.0 Å². The van der Waals surface area contributed by atoms with Crippen molar-refractivity contribution < 1.29 is 10.0 Å². The molecule has 0 unspecified atom stereocenters. The topological polar surface area (TPSA) is 40.5 Å². The van der Waals surface area contributed by atoms with Gasteiger partial charge in [-0.3, -0.25) is 0 Å². The van der Waals surface area contributed by atoms with Crippen LogP contribution < -0.4 is 5.46 Å². The predicted octanol–water partition coefficient (Wildman–Crippen LogP) is 3.83. The lowest BCUT2D eigenvalue weighted by Gasteiger charge is -2.08. The van der Waals surface area contributed by atoms with Gasteiger partial charge >= 0.3 is 7.12 Å². The molecule has 118 valence electrons. The first kappa shape index (κ1) is 14.5. The molecule has 2 N–H and O–H groups in total. The Morgan fingerprint density at radius 1 is 0.560 bits per heavy atom. The Kier molecular flexibility index (Phi) is 3.08. The quantitative estimate of drug-likeness (QED) is 0.485. The monoisotopic (exact) mass is 322 g/mol. The van der Waals surface area contributed by atoms with Gasteiger partial charge in [0, 0.05) is 0 Å². The molecular weight excluding hydrogens is 307 g/mol. The normalized spacial score (nSPS) is 11.6. The predicted molar refractivity (Wildman–Crippen MR) is 104 cm³/mol. The van der Waals surface area contributed by atoms with E-state index in [-0.39, 0.29) is 0 Å². The van der Waals surface area contributed by atoms with Crippen LogP contribution in [0, 0.1) is 0 Å². The van der Waals surface area contributed by atoms with Crippen molar-refractivity contribution in [2.45, 2.75) is 0 Å². The van der Waals surface area contributed by atoms with E-state index in [1.807, 2.05) is 12.1 Å². The molecule has 0 bridgehead atoms. The maximum atomic E-state index is 9.25. The molecule has 0 aromatic heterocycles. The maximum absolute atomic E-state index is 9.25. The summed E-state index contributed by atoms with van der Waals surface area (Å²) in [4.78, 5) is 0. The first-order valence-corrected chi connectivity index (χ1v) is 8.35. The molecule has 3 heteroatoms. The number of hydrogen-bond acceptors (Lipinski definition) is 2. The van der Waals surface area contributed by atoms with Gasteiger partial charge in [0.15, 0.2) is 0 Å². The summed E-state index contributed by atoms with van der Waals surface area (Å²) in [6.45, 7) is 0. The van der Waals surface area contributed by atoms with Crippen LogP contribution in [0.15, 0.2) is 78.9 Å². The summed E-state index contributed by atoms with van der Waals surface area (Å²) in [7, 11) is -1.43. The van der Waals surface area contributed by atoms with Crippen LogP contribution in [0.4, 0.5) is 0 Å². The Morgan fingerprint density at radius 3 is 1.88 bits per heavy atom. The zero-order chi connectivity index (χ0) is 17.0. The second kappa shape index (κ2) is 5.31. The molecule has 0 saturated carbocycles. The van der Waals surface area contributed by atoms with E-state index in [2.05, 4.69) is 54.6 Å². The van der Waals surface area contributed by atoms with Gasteiger partial charge < -0.3 is 10.0 Å². The Bertz CT molecular complexity index is 1110. The molecule has 0 amide bonds. The summed E-state index contributed by atoms with van der Waals surface area (Å²) in [5, 5.41) is 21.1. The number of benzene rings is 4. The molecule has 2 nitrogen and oxygen atoms in total. The average Bonchev–Trinajstić information content (AvgIpc) is 2.98. The number of rotatable bonds is 2. The minimum Gasteiger partial charge on any atom is -0.423 e. The largest absolute Gasteiger partial charge is 0.488 e. The molecule has 0 saturated heterocycles. The van der Waals surface area contributed by atoms with Crippen LogP contribution in [-0.4, -0.2) is 17.2 Å². The minimum absolute atomic E-state index is 0.502. The van der Waals surface area contributed by atoms with Crippen LogP contribution in [-0.2, 0) is 0 Å². The fourth-order valence-corrected chi connectivity index (χ4v) is 3.82. The van der Waals surface area contributed by atoms with Crippen molar-refractivity contribution in [3.05, 3.63) is 78.9 Å². The van der Waals surface area contributed by atoms with Crippen molar-refractivity contribution in [3.63, 3.8) is 0 Å². The molecule has 0 spiro atoms. The fourth-order valence-electron chi connectivity index (χ4n) is 3.82. The van der Waals surface area contributed by atoms with Crippen molar-refractivity contribution in [1.82, 2.24) is 0 Å². The molecule has 0 heterocycles. The van der Waals surface area contributed by atoms with Crippen LogP contribution >= 0.6 is 0 Å². The van der Waals surface area contributed by atoms with Gasteiger partial charge in [-0.15, -0.1) is 0 Å². The maximum Gasteiger partial charge on any atom is 0.488 e. The molecule has 4 aromatic carbocycles. The highest BCUT2D eigenvalue weighted by Gasteiger charge is 2.21. The van der Waals surface area contributed by atoms with Gasteiger partial charge in [-0.25, -0.2) is 0 Å². The summed E-state index contributed by atoms with van der Waals surface area (Å²) in [6, 6.07) is 26.8. The van der Waals surface area contributed by atoms with Crippen molar-refractivity contribution in [2.24, 2.45) is 0 Å². The molecule has 0 radical (unpaired) electrons. The summed E-state index contributed by atoms with van der Waals surface area (Å²) in [5.41, 5.74) is 7.81. The molecule has 0 fully saturated rings. The third-order valence-electron chi connectivity index (χ3n) is 5.05. The SMILES string of the molecule is OB(O)c1ccc(-c2ccc3c(c2)-c2cccc4cccc-3c24)cc1. The average molecular weight is 322 g/mol. The van der Waals surface area contributed by atoms with Crippen molar-refractivity contribution in [3.8, 4) is 33.4 Å². The number of fused-ring (bicyclic) bond motifs is 3. The highest BCUT2D eigenvalue weighted by atomic mass is 16.4. The Balaban J connectivity index is 1.68. The van der Waals surface area contributed by atoms with Crippen LogP contribution in [0.2, 0.25) is 0 Å². The smallest absolute Gasteiger partial charge is 0.423 e. The van der Waals surface area contributed by atoms with Gasteiger partial charge in [0.2, 0.25) is 0 Å². The van der Waals surface area contributed by atoms with Gasteiger partial charge in [-0.05, 0) is 55.7 Å². The van der Waals surface area contributed by atoms with E-state index in [9.17, 15) is 10.0 Å². The van der Waals surface area contributed by atoms with E-state index < -0.39 is 7.12 Å². The summed E-state index contributed by atoms with van der Waals surface area (Å²) >= 11 is 0. The van der Waals surface area contributed by atoms with Crippen LogP contribution in [0.1, 0.15) is 0 Å². The van der Waals surface area contributed by atoms with Crippen LogP contribution in [0.25, 0.3) is 44.2 Å². The second-order valence-corrected chi connectivity index (χ2v) is 6.47. The molecule has 0 aliphatic heterocycles. The molecule has 25 heavy (non-hydrogen) atoms. The Morgan fingerprint density at radius 2 is 1.20 bits per heavy atom. The Hall–Kier alpha value is -2.88. The molecule has 0 atom stereocenters. The highest BCUT2D eigenvalue weighted by Crippen LogP contribution is 2.47. The van der Waals surface area contributed by atoms with Crippen LogP contribution in [0.3, 0.4) is 0 Å². The third-order valence-corrected chi connectivity index (χ3v) is 5.05. The molecule has 4 aromatic rings. The lowest BCUT2D eigenvalue weighted by atomic mass is 9.80. The zero-order valence-corrected chi connectivity index (χ0v) is 13.5. The fraction of sp³-hybridized carbons (Fsp3) is 0. The minimum atomic E-state index is -1.43. The van der Waals surface area contributed by atoms with Gasteiger partial charge in [-0.2, -0.15) is 0 Å². The molecular formula is C22H15BO2. The lowest BCUT2D eigenvalue weighted by Crippen LogP contribution is -2.29. The molecule has 5 rings (SSSR count). The van der Waals surface area contributed by atoms with Crippen molar-refractivity contribution in [2.75, 3.05) is 0 Å². The standard InChI is InChI=1S/C22H15BO2/c24-23(25)17-10-7-14(8-11-17)16-9-12-18-19-5-1-3-15-4-2-6-20(22(15)19)21(18)13-16/h1-13,24-25H. The van der Waals surface area contributed by atoms with E-state index in [4.69, 9.17) is 0 Å².